The normalized spacial score (nSPS) is 11.2. The van der Waals surface area contributed by atoms with Gasteiger partial charge in [-0.25, -0.2) is 9.59 Å². The van der Waals surface area contributed by atoms with Gasteiger partial charge >= 0.3 is 18.0 Å². The number of hydrogen-bond donors (Lipinski definition) is 3. The first kappa shape index (κ1) is 22.9. The molecule has 0 aliphatic carbocycles. The van der Waals surface area contributed by atoms with Gasteiger partial charge < -0.3 is 25.2 Å². The van der Waals surface area contributed by atoms with Crippen molar-refractivity contribution < 1.29 is 33.8 Å². The average Bonchev–Trinajstić information content (AvgIpc) is 3.23. The van der Waals surface area contributed by atoms with E-state index in [0.717, 1.165) is 10.4 Å². The van der Waals surface area contributed by atoms with Crippen LogP contribution in [-0.2, 0) is 32.1 Å². The molecular formula is C20H22N2O7S. The zero-order chi connectivity index (χ0) is 21.9. The number of carboxylic acids is 1. The lowest BCUT2D eigenvalue weighted by molar-refractivity contribution is -0.141. The molecule has 1 aromatic carbocycles. The number of alkyl carbamates (subject to hydrolysis) is 1. The summed E-state index contributed by atoms with van der Waals surface area (Å²) in [6, 6.07) is 10.9. The number of esters is 1. The molecule has 0 spiro atoms. The zero-order valence-electron chi connectivity index (χ0n) is 16.3. The number of carbonyl (C=O) groups excluding carboxylic acids is 3. The average molecular weight is 434 g/mol. The first-order valence-corrected chi connectivity index (χ1v) is 9.84. The predicted molar refractivity (Wildman–Crippen MR) is 108 cm³/mol. The van der Waals surface area contributed by atoms with Gasteiger partial charge in [-0.15, -0.1) is 11.3 Å². The minimum absolute atomic E-state index is 0.00504. The Balaban J connectivity index is 1.81. The number of amides is 2. The van der Waals surface area contributed by atoms with Gasteiger partial charge in [-0.1, -0.05) is 30.3 Å². The molecule has 10 heteroatoms. The summed E-state index contributed by atoms with van der Waals surface area (Å²) in [6.45, 7) is -0.321. The number of ether oxygens (including phenoxy) is 2. The molecule has 1 aromatic heterocycles. The van der Waals surface area contributed by atoms with Crippen molar-refractivity contribution in [2.24, 2.45) is 0 Å². The van der Waals surface area contributed by atoms with Crippen molar-refractivity contribution in [2.75, 3.05) is 13.7 Å². The third kappa shape index (κ3) is 7.55. The second-order valence-corrected chi connectivity index (χ2v) is 7.32. The van der Waals surface area contributed by atoms with Crippen LogP contribution < -0.4 is 10.6 Å². The van der Waals surface area contributed by atoms with Gasteiger partial charge in [0.2, 0.25) is 0 Å². The molecule has 0 fully saturated rings. The first-order chi connectivity index (χ1) is 14.4. The van der Waals surface area contributed by atoms with Gasteiger partial charge in [-0.05, 0) is 24.1 Å². The summed E-state index contributed by atoms with van der Waals surface area (Å²) in [4.78, 5) is 47.9. The maximum atomic E-state index is 12.2. The lowest BCUT2D eigenvalue weighted by Gasteiger charge is -2.15. The van der Waals surface area contributed by atoms with Gasteiger partial charge in [-0.3, -0.25) is 9.59 Å². The van der Waals surface area contributed by atoms with E-state index in [1.807, 2.05) is 6.07 Å². The molecule has 3 N–H and O–H groups in total. The van der Waals surface area contributed by atoms with Crippen molar-refractivity contribution in [1.82, 2.24) is 10.6 Å². The fourth-order valence-electron chi connectivity index (χ4n) is 2.35. The molecule has 9 nitrogen and oxygen atoms in total. The van der Waals surface area contributed by atoms with E-state index in [9.17, 15) is 24.3 Å². The van der Waals surface area contributed by atoms with Crippen molar-refractivity contribution in [3.8, 4) is 0 Å². The SMILES string of the molecule is COC(=O)CCc1ccc(C(=O)NC[C@H](NC(=O)OCc2ccccc2)C(=O)O)s1. The van der Waals surface area contributed by atoms with Gasteiger partial charge in [0.25, 0.3) is 5.91 Å². The standard InChI is InChI=1S/C20H22N2O7S/c1-28-17(23)10-8-14-7-9-16(30-14)18(24)21-11-15(19(25)26)22-20(27)29-12-13-5-3-2-4-6-13/h2-7,9,15H,8,10-12H2,1H3,(H,21,24)(H,22,27)(H,25,26)/t15-/m0/s1. The summed E-state index contributed by atoms with van der Waals surface area (Å²) in [5.74, 6) is -2.13. The minimum atomic E-state index is -1.35. The second kappa shape index (κ2) is 11.6. The molecule has 0 saturated carbocycles. The number of benzene rings is 1. The van der Waals surface area contributed by atoms with Crippen molar-refractivity contribution in [3.05, 3.63) is 57.8 Å². The number of aliphatic carboxylic acids is 1. The van der Waals surface area contributed by atoms with Crippen LogP contribution in [-0.4, -0.2) is 48.7 Å². The Morgan fingerprint density at radius 2 is 1.83 bits per heavy atom. The lowest BCUT2D eigenvalue weighted by Crippen LogP contribution is -2.48. The molecule has 2 aromatic rings. The molecule has 0 aliphatic rings. The van der Waals surface area contributed by atoms with Gasteiger partial charge in [0.15, 0.2) is 0 Å². The lowest BCUT2D eigenvalue weighted by atomic mass is 10.2. The van der Waals surface area contributed by atoms with Crippen LogP contribution in [0.1, 0.15) is 26.5 Å². The number of rotatable bonds is 10. The Kier molecular flexibility index (Phi) is 8.82. The van der Waals surface area contributed by atoms with Gasteiger partial charge in [0.05, 0.1) is 18.4 Å². The van der Waals surface area contributed by atoms with E-state index in [1.165, 1.54) is 18.4 Å². The minimum Gasteiger partial charge on any atom is -0.480 e. The first-order valence-electron chi connectivity index (χ1n) is 9.02. The zero-order valence-corrected chi connectivity index (χ0v) is 17.1. The van der Waals surface area contributed by atoms with Crippen LogP contribution in [0.4, 0.5) is 4.79 Å². The van der Waals surface area contributed by atoms with Crippen LogP contribution >= 0.6 is 11.3 Å². The molecular weight excluding hydrogens is 412 g/mol. The highest BCUT2D eigenvalue weighted by atomic mass is 32.1. The number of aryl methyl sites for hydroxylation is 1. The van der Waals surface area contributed by atoms with E-state index in [2.05, 4.69) is 15.4 Å². The van der Waals surface area contributed by atoms with E-state index in [1.54, 1.807) is 36.4 Å². The fraction of sp³-hybridized carbons (Fsp3) is 0.300. The molecule has 30 heavy (non-hydrogen) atoms. The molecule has 160 valence electrons. The molecule has 2 rings (SSSR count). The van der Waals surface area contributed by atoms with Crippen LogP contribution in [0.5, 0.6) is 0 Å². The maximum Gasteiger partial charge on any atom is 0.408 e. The number of nitrogens with one attached hydrogen (secondary N) is 2. The van der Waals surface area contributed by atoms with Crippen LogP contribution in [0.2, 0.25) is 0 Å². The Morgan fingerprint density at radius 1 is 1.10 bits per heavy atom. The maximum absolute atomic E-state index is 12.2. The van der Waals surface area contributed by atoms with E-state index in [0.29, 0.717) is 11.3 Å². The van der Waals surface area contributed by atoms with Crippen LogP contribution in [0.3, 0.4) is 0 Å². The largest absolute Gasteiger partial charge is 0.480 e. The molecule has 0 unspecified atom stereocenters. The highest BCUT2D eigenvalue weighted by molar-refractivity contribution is 7.14. The predicted octanol–water partition coefficient (Wildman–Crippen LogP) is 1.96. The summed E-state index contributed by atoms with van der Waals surface area (Å²) in [5, 5.41) is 14.0. The quantitative estimate of drug-likeness (QED) is 0.487. The Labute approximate surface area is 177 Å². The molecule has 0 bridgehead atoms. The number of carbonyl (C=O) groups is 4. The van der Waals surface area contributed by atoms with E-state index in [-0.39, 0.29) is 25.5 Å². The Bertz CT molecular complexity index is 882. The number of carboxylic acid groups (broad SMARTS) is 1. The van der Waals surface area contributed by atoms with Crippen LogP contribution in [0, 0.1) is 0 Å². The third-order valence-electron chi connectivity index (χ3n) is 3.96. The molecule has 0 aliphatic heterocycles. The van der Waals surface area contributed by atoms with Gasteiger partial charge in [0, 0.05) is 11.4 Å². The summed E-state index contributed by atoms with van der Waals surface area (Å²) >= 11 is 1.19. The summed E-state index contributed by atoms with van der Waals surface area (Å²) in [5.41, 5.74) is 0.758. The van der Waals surface area contributed by atoms with E-state index >= 15 is 0 Å². The molecule has 0 radical (unpaired) electrons. The monoisotopic (exact) mass is 434 g/mol. The smallest absolute Gasteiger partial charge is 0.408 e. The number of hydrogen-bond acceptors (Lipinski definition) is 7. The summed E-state index contributed by atoms with van der Waals surface area (Å²) in [6.07, 6.45) is -0.257. The molecule has 1 heterocycles. The number of thiophene rings is 1. The Hall–Kier alpha value is -3.40. The van der Waals surface area contributed by atoms with Gasteiger partial charge in [0.1, 0.15) is 12.6 Å². The topological polar surface area (TPSA) is 131 Å². The highest BCUT2D eigenvalue weighted by Crippen LogP contribution is 2.18. The van der Waals surface area contributed by atoms with Crippen LogP contribution in [0.15, 0.2) is 42.5 Å². The van der Waals surface area contributed by atoms with E-state index in [4.69, 9.17) is 4.74 Å². The summed E-state index contributed by atoms with van der Waals surface area (Å²) < 4.78 is 9.57. The van der Waals surface area contributed by atoms with Crippen molar-refractivity contribution >= 4 is 35.3 Å². The molecule has 1 atom stereocenters. The van der Waals surface area contributed by atoms with Crippen molar-refractivity contribution in [2.45, 2.75) is 25.5 Å². The third-order valence-corrected chi connectivity index (χ3v) is 5.10. The van der Waals surface area contributed by atoms with Crippen LogP contribution in [0.25, 0.3) is 0 Å². The van der Waals surface area contributed by atoms with Crippen molar-refractivity contribution in [3.63, 3.8) is 0 Å². The Morgan fingerprint density at radius 3 is 2.50 bits per heavy atom. The van der Waals surface area contributed by atoms with E-state index < -0.39 is 24.0 Å². The highest BCUT2D eigenvalue weighted by Gasteiger charge is 2.22. The molecule has 2 amide bonds. The second-order valence-electron chi connectivity index (χ2n) is 6.15. The van der Waals surface area contributed by atoms with Crippen molar-refractivity contribution in [1.29, 1.82) is 0 Å². The molecule has 0 saturated heterocycles. The fourth-order valence-corrected chi connectivity index (χ4v) is 3.27. The summed E-state index contributed by atoms with van der Waals surface area (Å²) in [7, 11) is 1.31. The van der Waals surface area contributed by atoms with Gasteiger partial charge in [-0.2, -0.15) is 0 Å². The number of methoxy groups -OCH3 is 1.